The van der Waals surface area contributed by atoms with Crippen molar-refractivity contribution >= 4 is 11.9 Å². The van der Waals surface area contributed by atoms with Gasteiger partial charge in [0.25, 0.3) is 0 Å². The summed E-state index contributed by atoms with van der Waals surface area (Å²) in [7, 11) is 1.32. The zero-order valence-electron chi connectivity index (χ0n) is 11.7. The van der Waals surface area contributed by atoms with Crippen LogP contribution in [0.25, 0.3) is 0 Å². The highest BCUT2D eigenvalue weighted by atomic mass is 19.1. The summed E-state index contributed by atoms with van der Waals surface area (Å²) in [4.78, 5) is 22.6. The number of nitrogens with one attached hydrogen (secondary N) is 1. The third-order valence-corrected chi connectivity index (χ3v) is 2.95. The monoisotopic (exact) mass is 301 g/mol. The van der Waals surface area contributed by atoms with Crippen LogP contribution in [0.15, 0.2) is 18.2 Å². The van der Waals surface area contributed by atoms with Gasteiger partial charge in [0, 0.05) is 19.6 Å². The predicted molar refractivity (Wildman–Crippen MR) is 70.8 cm³/mol. The third-order valence-electron chi connectivity index (χ3n) is 2.95. The van der Waals surface area contributed by atoms with Crippen LogP contribution < -0.4 is 5.32 Å². The van der Waals surface area contributed by atoms with Crippen molar-refractivity contribution in [3.05, 3.63) is 35.4 Å². The second-order valence-electron chi connectivity index (χ2n) is 4.68. The molecule has 5 nitrogen and oxygen atoms in total. The first-order chi connectivity index (χ1) is 9.85. The van der Waals surface area contributed by atoms with E-state index in [2.05, 4.69) is 5.32 Å². The number of hydrogen-bond donors (Lipinski definition) is 2. The van der Waals surface area contributed by atoms with Crippen molar-refractivity contribution in [1.29, 1.82) is 0 Å². The zero-order chi connectivity index (χ0) is 16.0. The fraction of sp³-hybridized carbons (Fsp3) is 0.429. The molecule has 21 heavy (non-hydrogen) atoms. The van der Waals surface area contributed by atoms with Gasteiger partial charge in [-0.15, -0.1) is 0 Å². The molecule has 7 heteroatoms. The Morgan fingerprint density at radius 1 is 1.38 bits per heavy atom. The molecule has 1 aromatic rings. The van der Waals surface area contributed by atoms with Gasteiger partial charge in [0.15, 0.2) is 6.04 Å². The van der Waals surface area contributed by atoms with E-state index >= 15 is 0 Å². The molecule has 1 amide bonds. The largest absolute Gasteiger partial charge is 0.480 e. The van der Waals surface area contributed by atoms with Crippen molar-refractivity contribution in [2.75, 3.05) is 13.7 Å². The molecule has 2 atom stereocenters. The molecule has 116 valence electrons. The van der Waals surface area contributed by atoms with Gasteiger partial charge < -0.3 is 15.2 Å². The molecule has 1 rings (SSSR count). The highest BCUT2D eigenvalue weighted by Gasteiger charge is 2.22. The van der Waals surface area contributed by atoms with E-state index in [-0.39, 0.29) is 18.6 Å². The van der Waals surface area contributed by atoms with Crippen molar-refractivity contribution in [1.82, 2.24) is 5.32 Å². The Hall–Kier alpha value is -2.02. The number of carbonyl (C=O) groups is 2. The van der Waals surface area contributed by atoms with E-state index in [1.807, 2.05) is 0 Å². The molecule has 1 aromatic carbocycles. The van der Waals surface area contributed by atoms with Gasteiger partial charge in [-0.25, -0.2) is 13.6 Å². The van der Waals surface area contributed by atoms with Gasteiger partial charge in [0.2, 0.25) is 5.91 Å². The summed E-state index contributed by atoms with van der Waals surface area (Å²) in [5, 5.41) is 11.2. The van der Waals surface area contributed by atoms with Gasteiger partial charge in [-0.2, -0.15) is 0 Å². The van der Waals surface area contributed by atoms with Crippen LogP contribution in [0, 0.1) is 11.6 Å². The minimum atomic E-state index is -1.22. The molecular weight excluding hydrogens is 284 g/mol. The number of methoxy groups -OCH3 is 1. The summed E-state index contributed by atoms with van der Waals surface area (Å²) in [5.41, 5.74) is 0.199. The Morgan fingerprint density at radius 3 is 2.57 bits per heavy atom. The number of carboxylic acids is 1. The van der Waals surface area contributed by atoms with Crippen LogP contribution in [0.1, 0.15) is 24.8 Å². The van der Waals surface area contributed by atoms with E-state index < -0.39 is 35.5 Å². The highest BCUT2D eigenvalue weighted by Crippen LogP contribution is 2.22. The first kappa shape index (κ1) is 17.0. The van der Waals surface area contributed by atoms with Crippen LogP contribution in [-0.4, -0.2) is 36.7 Å². The van der Waals surface area contributed by atoms with E-state index in [1.54, 1.807) is 6.92 Å². The van der Waals surface area contributed by atoms with Crippen LogP contribution in [0.2, 0.25) is 0 Å². The summed E-state index contributed by atoms with van der Waals surface area (Å²) in [6.45, 7) is 1.43. The number of rotatable bonds is 7. The Kier molecular flexibility index (Phi) is 6.23. The fourth-order valence-electron chi connectivity index (χ4n) is 1.88. The molecule has 0 bridgehead atoms. The lowest BCUT2D eigenvalue weighted by atomic mass is 9.96. The maximum Gasteiger partial charge on any atom is 0.328 e. The fourth-order valence-corrected chi connectivity index (χ4v) is 1.88. The minimum Gasteiger partial charge on any atom is -0.480 e. The molecular formula is C14H17F2NO4. The smallest absolute Gasteiger partial charge is 0.328 e. The number of halogens is 2. The lowest BCUT2D eigenvalue weighted by molar-refractivity contribution is -0.143. The number of amides is 1. The van der Waals surface area contributed by atoms with Crippen LogP contribution in [0.4, 0.5) is 8.78 Å². The second-order valence-corrected chi connectivity index (χ2v) is 4.68. The average molecular weight is 301 g/mol. The van der Waals surface area contributed by atoms with Gasteiger partial charge in [0.1, 0.15) is 11.6 Å². The Labute approximate surface area is 120 Å². The second kappa shape index (κ2) is 7.68. The maximum atomic E-state index is 13.6. The van der Waals surface area contributed by atoms with Crippen molar-refractivity contribution in [2.45, 2.75) is 25.3 Å². The molecule has 0 spiro atoms. The highest BCUT2D eigenvalue weighted by molar-refractivity contribution is 5.84. The topological polar surface area (TPSA) is 75.6 Å². The van der Waals surface area contributed by atoms with Crippen molar-refractivity contribution < 1.29 is 28.2 Å². The molecule has 0 aliphatic carbocycles. The summed E-state index contributed by atoms with van der Waals surface area (Å²) >= 11 is 0. The number of benzene rings is 1. The molecule has 0 aliphatic heterocycles. The lowest BCUT2D eigenvalue weighted by Crippen LogP contribution is -2.44. The first-order valence-electron chi connectivity index (χ1n) is 6.31. The molecule has 0 aliphatic rings. The van der Waals surface area contributed by atoms with Crippen LogP contribution in [0.3, 0.4) is 0 Å². The van der Waals surface area contributed by atoms with Crippen LogP contribution in [0.5, 0.6) is 0 Å². The number of carbonyl (C=O) groups excluding carboxylic acids is 1. The Balaban J connectivity index is 2.67. The molecule has 0 saturated heterocycles. The Bertz CT molecular complexity index is 522. The third kappa shape index (κ3) is 5.11. The Morgan fingerprint density at radius 2 is 2.05 bits per heavy atom. The summed E-state index contributed by atoms with van der Waals surface area (Å²) < 4.78 is 31.1. The van der Waals surface area contributed by atoms with Gasteiger partial charge in [-0.05, 0) is 17.5 Å². The van der Waals surface area contributed by atoms with Gasteiger partial charge in [-0.1, -0.05) is 13.0 Å². The minimum absolute atomic E-state index is 0.115. The van der Waals surface area contributed by atoms with Gasteiger partial charge in [-0.3, -0.25) is 4.79 Å². The summed E-state index contributed by atoms with van der Waals surface area (Å²) in [6, 6.07) is 1.96. The van der Waals surface area contributed by atoms with Crippen LogP contribution in [-0.2, 0) is 14.3 Å². The number of ether oxygens (including phenoxy) is 1. The van der Waals surface area contributed by atoms with E-state index in [0.29, 0.717) is 0 Å². The standard InChI is InChI=1S/C14H17F2NO4/c1-8(10-4-3-9(15)6-11(10)16)5-13(18)17-12(7-21-2)14(19)20/h3-4,6,8,12H,5,7H2,1-2H3,(H,17,18)(H,19,20). The van der Waals surface area contributed by atoms with E-state index in [0.717, 1.165) is 12.1 Å². The summed E-state index contributed by atoms with van der Waals surface area (Å²) in [6.07, 6.45) is -0.115. The van der Waals surface area contributed by atoms with Crippen LogP contribution >= 0.6 is 0 Å². The molecule has 0 saturated carbocycles. The number of aliphatic carboxylic acids is 1. The number of hydrogen-bond acceptors (Lipinski definition) is 3. The lowest BCUT2D eigenvalue weighted by Gasteiger charge is -2.16. The quantitative estimate of drug-likeness (QED) is 0.803. The van der Waals surface area contributed by atoms with Gasteiger partial charge in [0.05, 0.1) is 6.61 Å². The normalized spacial score (nSPS) is 13.5. The summed E-state index contributed by atoms with van der Waals surface area (Å²) in [5.74, 6) is -3.70. The van der Waals surface area contributed by atoms with Crippen molar-refractivity contribution in [3.8, 4) is 0 Å². The van der Waals surface area contributed by atoms with E-state index in [1.165, 1.54) is 13.2 Å². The van der Waals surface area contributed by atoms with E-state index in [4.69, 9.17) is 9.84 Å². The SMILES string of the molecule is COCC(NC(=O)CC(C)c1ccc(F)cc1F)C(=O)O. The maximum absolute atomic E-state index is 13.6. The van der Waals surface area contributed by atoms with E-state index in [9.17, 15) is 18.4 Å². The first-order valence-corrected chi connectivity index (χ1v) is 6.31. The van der Waals surface area contributed by atoms with Crippen molar-refractivity contribution in [2.24, 2.45) is 0 Å². The van der Waals surface area contributed by atoms with Crippen molar-refractivity contribution in [3.63, 3.8) is 0 Å². The molecule has 2 unspecified atom stereocenters. The average Bonchev–Trinajstić information content (AvgIpc) is 2.37. The molecule has 0 aromatic heterocycles. The molecule has 0 heterocycles. The van der Waals surface area contributed by atoms with Gasteiger partial charge >= 0.3 is 5.97 Å². The number of carboxylic acid groups (broad SMARTS) is 1. The predicted octanol–water partition coefficient (Wildman–Crippen LogP) is 1.67. The molecule has 0 radical (unpaired) electrons. The molecule has 0 fully saturated rings. The molecule has 2 N–H and O–H groups in total. The zero-order valence-corrected chi connectivity index (χ0v) is 11.7.